The van der Waals surface area contributed by atoms with Crippen LogP contribution in [-0.4, -0.2) is 50.4 Å². The number of hydrogen-bond donors (Lipinski definition) is 4. The van der Waals surface area contributed by atoms with Gasteiger partial charge in [-0.1, -0.05) is 72.3 Å². The van der Waals surface area contributed by atoms with Crippen molar-refractivity contribution in [3.05, 3.63) is 77.5 Å². The van der Waals surface area contributed by atoms with E-state index in [1.807, 2.05) is 36.4 Å². The molecule has 0 saturated carbocycles. The van der Waals surface area contributed by atoms with Crippen molar-refractivity contribution < 1.29 is 29.5 Å². The fourth-order valence-corrected chi connectivity index (χ4v) is 2.85. The van der Waals surface area contributed by atoms with Gasteiger partial charge < -0.3 is 25.2 Å². The van der Waals surface area contributed by atoms with Gasteiger partial charge in [-0.15, -0.1) is 0 Å². The minimum atomic E-state index is -2.23. The fraction of sp³-hybridized carbons (Fsp3) is 0.300. The summed E-state index contributed by atoms with van der Waals surface area (Å²) in [4.78, 5) is 0. The second kappa shape index (κ2) is 10.8. The summed E-state index contributed by atoms with van der Waals surface area (Å²) in [6.45, 7) is -0.713. The van der Waals surface area contributed by atoms with Crippen molar-refractivity contribution in [2.45, 2.75) is 30.0 Å². The van der Waals surface area contributed by atoms with Crippen LogP contribution < -0.4 is 0 Å². The maximum Gasteiger partial charge on any atom is 0.247 e. The van der Waals surface area contributed by atoms with Crippen LogP contribution in [0.2, 0.25) is 0 Å². The lowest BCUT2D eigenvalue weighted by atomic mass is 10.00. The van der Waals surface area contributed by atoms with Gasteiger partial charge in [0.25, 0.3) is 0 Å². The van der Waals surface area contributed by atoms with Crippen LogP contribution in [-0.2, 0) is 15.6 Å². The second-order valence-electron chi connectivity index (χ2n) is 6.10. The molecule has 2 aromatic carbocycles. The first kappa shape index (κ1) is 22.6. The summed E-state index contributed by atoms with van der Waals surface area (Å²) in [5, 5.41) is 37.0. The lowest BCUT2D eigenvalue weighted by molar-refractivity contribution is -0.121. The molecular formula is C20H22Cl2O6. The molecule has 6 nitrogen and oxygen atoms in total. The number of benzene rings is 2. The first-order chi connectivity index (χ1) is 13.4. The van der Waals surface area contributed by atoms with Crippen molar-refractivity contribution in [3.63, 3.8) is 0 Å². The molecule has 0 fully saturated rings. The Morgan fingerprint density at radius 3 is 2.11 bits per heavy atom. The minimum Gasteiger partial charge on any atom is -0.489 e. The van der Waals surface area contributed by atoms with E-state index in [2.05, 4.69) is 0 Å². The van der Waals surface area contributed by atoms with Crippen molar-refractivity contribution in [1.82, 2.24) is 0 Å². The van der Waals surface area contributed by atoms with Gasteiger partial charge in [0.15, 0.2) is 0 Å². The van der Waals surface area contributed by atoms with E-state index in [1.54, 1.807) is 24.3 Å². The van der Waals surface area contributed by atoms with E-state index in [-0.39, 0.29) is 12.4 Å². The first-order valence-corrected chi connectivity index (χ1v) is 9.18. The maximum absolute atomic E-state index is 10.5. The topological polar surface area (TPSA) is 99.4 Å². The van der Waals surface area contributed by atoms with Crippen molar-refractivity contribution >= 4 is 29.5 Å². The molecule has 2 rings (SSSR count). The van der Waals surface area contributed by atoms with Gasteiger partial charge in [0, 0.05) is 0 Å². The van der Waals surface area contributed by atoms with Crippen LogP contribution in [0.4, 0.5) is 0 Å². The van der Waals surface area contributed by atoms with E-state index < -0.39 is 30.0 Å². The van der Waals surface area contributed by atoms with Crippen LogP contribution in [0.15, 0.2) is 66.4 Å². The van der Waals surface area contributed by atoms with Crippen LogP contribution >= 0.6 is 23.5 Å². The van der Waals surface area contributed by atoms with Crippen molar-refractivity contribution in [2.75, 3.05) is 6.61 Å². The molecule has 0 spiro atoms. The second-order valence-corrected chi connectivity index (χ2v) is 6.82. The predicted molar refractivity (Wildman–Crippen MR) is 106 cm³/mol. The maximum atomic E-state index is 10.5. The Morgan fingerprint density at radius 2 is 1.57 bits per heavy atom. The molecule has 0 saturated heterocycles. The highest BCUT2D eigenvalue weighted by Gasteiger charge is 2.48. The van der Waals surface area contributed by atoms with Crippen LogP contribution in [0.1, 0.15) is 11.1 Å². The summed E-state index contributed by atoms with van der Waals surface area (Å²) in [6, 6.07) is 18.1. The standard InChI is InChI=1S/C20H22Cl2O6/c21-20(28-22,19(26)18(25)16(24)12-23)17(11-14-7-3-1-4-8-14)27-13-15-9-5-2-6-10-15/h1-11,16,18-19,23-26H,12-13H2. The lowest BCUT2D eigenvalue weighted by Gasteiger charge is -2.34. The van der Waals surface area contributed by atoms with Gasteiger partial charge in [0.05, 0.1) is 18.5 Å². The Kier molecular flexibility index (Phi) is 8.72. The summed E-state index contributed by atoms with van der Waals surface area (Å²) in [5.74, 6) is -0.0871. The molecule has 28 heavy (non-hydrogen) atoms. The molecule has 4 unspecified atom stereocenters. The number of ether oxygens (including phenoxy) is 1. The molecule has 0 radical (unpaired) electrons. The molecule has 4 N–H and O–H groups in total. The third-order valence-electron chi connectivity index (χ3n) is 4.07. The molecule has 0 aliphatic carbocycles. The Hall–Kier alpha value is -1.64. The van der Waals surface area contributed by atoms with E-state index in [4.69, 9.17) is 37.6 Å². The SMILES string of the molecule is OCC(O)C(O)C(O)C(Cl)(OCl)C(=Cc1ccccc1)OCc1ccccc1. The van der Waals surface area contributed by atoms with Gasteiger partial charge in [0.1, 0.15) is 30.7 Å². The van der Waals surface area contributed by atoms with Crippen LogP contribution in [0.3, 0.4) is 0 Å². The van der Waals surface area contributed by atoms with Gasteiger partial charge in [-0.2, -0.15) is 0 Å². The average molecular weight is 429 g/mol. The van der Waals surface area contributed by atoms with Crippen molar-refractivity contribution in [3.8, 4) is 0 Å². The molecule has 0 bridgehead atoms. The zero-order chi connectivity index (χ0) is 20.6. The summed E-state index contributed by atoms with van der Waals surface area (Å²) in [6.07, 6.45) is -3.92. The highest BCUT2D eigenvalue weighted by atomic mass is 35.5. The Balaban J connectivity index is 2.37. The molecule has 0 aliphatic heterocycles. The van der Waals surface area contributed by atoms with E-state index in [0.29, 0.717) is 5.56 Å². The third kappa shape index (κ3) is 5.68. The molecule has 152 valence electrons. The Morgan fingerprint density at radius 1 is 1.00 bits per heavy atom. The van der Waals surface area contributed by atoms with Gasteiger partial charge in [-0.25, -0.2) is 4.29 Å². The number of aliphatic hydroxyl groups is 4. The van der Waals surface area contributed by atoms with E-state index in [0.717, 1.165) is 5.56 Å². The van der Waals surface area contributed by atoms with Crippen LogP contribution in [0, 0.1) is 0 Å². The number of aliphatic hydroxyl groups excluding tert-OH is 4. The van der Waals surface area contributed by atoms with E-state index in [9.17, 15) is 15.3 Å². The number of halogens is 2. The smallest absolute Gasteiger partial charge is 0.247 e. The summed E-state index contributed by atoms with van der Waals surface area (Å²) >= 11 is 12.0. The summed E-state index contributed by atoms with van der Waals surface area (Å²) in [5.41, 5.74) is 1.49. The van der Waals surface area contributed by atoms with Gasteiger partial charge >= 0.3 is 0 Å². The van der Waals surface area contributed by atoms with Crippen LogP contribution in [0.5, 0.6) is 0 Å². The predicted octanol–water partition coefficient (Wildman–Crippen LogP) is 2.42. The third-order valence-corrected chi connectivity index (χ3v) is 4.88. The van der Waals surface area contributed by atoms with Crippen LogP contribution in [0.25, 0.3) is 6.08 Å². The number of hydrogen-bond acceptors (Lipinski definition) is 6. The molecule has 2 aromatic rings. The minimum absolute atomic E-state index is 0.0829. The van der Waals surface area contributed by atoms with Gasteiger partial charge in [0.2, 0.25) is 5.06 Å². The highest BCUT2D eigenvalue weighted by Crippen LogP contribution is 2.37. The highest BCUT2D eigenvalue weighted by molar-refractivity contribution is 6.27. The quantitative estimate of drug-likeness (QED) is 0.342. The molecule has 0 aromatic heterocycles. The molecule has 0 aliphatic rings. The van der Waals surface area contributed by atoms with Crippen molar-refractivity contribution in [1.29, 1.82) is 0 Å². The Labute approximate surface area is 173 Å². The normalized spacial score (nSPS) is 17.4. The molecule has 8 heteroatoms. The van der Waals surface area contributed by atoms with Gasteiger partial charge in [-0.3, -0.25) is 0 Å². The first-order valence-electron chi connectivity index (χ1n) is 8.50. The summed E-state index contributed by atoms with van der Waals surface area (Å²) in [7, 11) is 0. The monoisotopic (exact) mass is 428 g/mol. The lowest BCUT2D eigenvalue weighted by Crippen LogP contribution is -2.52. The average Bonchev–Trinajstić information content (AvgIpc) is 2.75. The Bertz CT molecular complexity index is 743. The zero-order valence-electron chi connectivity index (χ0n) is 14.9. The zero-order valence-corrected chi connectivity index (χ0v) is 16.4. The molecule has 0 heterocycles. The van der Waals surface area contributed by atoms with E-state index in [1.165, 1.54) is 6.08 Å². The number of rotatable bonds is 10. The molecule has 0 amide bonds. The molecule has 4 atom stereocenters. The number of alkyl halides is 1. The fourth-order valence-electron chi connectivity index (χ4n) is 2.44. The van der Waals surface area contributed by atoms with E-state index >= 15 is 0 Å². The summed E-state index contributed by atoms with van der Waals surface area (Å²) < 4.78 is 10.6. The van der Waals surface area contributed by atoms with Crippen molar-refractivity contribution in [2.24, 2.45) is 0 Å². The largest absolute Gasteiger partial charge is 0.489 e. The van der Waals surface area contributed by atoms with Gasteiger partial charge in [-0.05, 0) is 17.2 Å². The molecular weight excluding hydrogens is 407 g/mol.